The van der Waals surface area contributed by atoms with Crippen LogP contribution in [-0.2, 0) is 22.7 Å². The van der Waals surface area contributed by atoms with Crippen LogP contribution in [0.4, 0.5) is 30.6 Å². The minimum absolute atomic E-state index is 0.0858. The third-order valence-corrected chi connectivity index (χ3v) is 5.38. The van der Waals surface area contributed by atoms with Crippen molar-refractivity contribution in [2.45, 2.75) is 12.7 Å². The zero-order valence-electron chi connectivity index (χ0n) is 19.8. The number of nitrogens with one attached hydrogen (secondary N) is 4. The van der Waals surface area contributed by atoms with Gasteiger partial charge < -0.3 is 20.7 Å². The number of hydrogen-bond acceptors (Lipinski definition) is 9. The summed E-state index contributed by atoms with van der Waals surface area (Å²) in [6, 6.07) is 7.38. The first kappa shape index (κ1) is 27.6. The van der Waals surface area contributed by atoms with Crippen molar-refractivity contribution in [3.05, 3.63) is 65.6 Å². The van der Waals surface area contributed by atoms with Crippen LogP contribution in [-0.4, -0.2) is 55.7 Å². The van der Waals surface area contributed by atoms with Gasteiger partial charge in [0.2, 0.25) is 16.0 Å². The van der Waals surface area contributed by atoms with E-state index in [-0.39, 0.29) is 42.5 Å². The van der Waals surface area contributed by atoms with Crippen molar-refractivity contribution < 1.29 is 31.1 Å². The first-order chi connectivity index (χ1) is 17.4. The quantitative estimate of drug-likeness (QED) is 0.270. The second-order valence-electron chi connectivity index (χ2n) is 7.59. The summed E-state index contributed by atoms with van der Waals surface area (Å²) in [6.45, 7) is -0.169. The Morgan fingerprint density at radius 1 is 1.11 bits per heavy atom. The van der Waals surface area contributed by atoms with E-state index < -0.39 is 27.7 Å². The number of benzene rings is 1. The van der Waals surface area contributed by atoms with E-state index in [1.807, 2.05) is 0 Å². The van der Waals surface area contributed by atoms with Crippen molar-refractivity contribution >= 4 is 33.4 Å². The van der Waals surface area contributed by atoms with Crippen LogP contribution in [0.25, 0.3) is 0 Å². The Balaban J connectivity index is 1.76. The fourth-order valence-corrected chi connectivity index (χ4v) is 3.49. The number of pyridine rings is 1. The summed E-state index contributed by atoms with van der Waals surface area (Å²) >= 11 is 0. The molecule has 11 nitrogen and oxygen atoms in total. The molecular formula is C22H24F3N7O4S. The molecule has 4 N–H and O–H groups in total. The molecule has 0 saturated carbocycles. The number of alkyl halides is 3. The molecule has 3 aromatic rings. The van der Waals surface area contributed by atoms with Crippen molar-refractivity contribution in [3.8, 4) is 5.75 Å². The summed E-state index contributed by atoms with van der Waals surface area (Å²) in [4.78, 5) is 25.4. The number of amides is 1. The first-order valence-corrected chi connectivity index (χ1v) is 12.6. The highest BCUT2D eigenvalue weighted by atomic mass is 32.2. The third-order valence-electron chi connectivity index (χ3n) is 4.65. The van der Waals surface area contributed by atoms with Crippen LogP contribution in [0.2, 0.25) is 0 Å². The Morgan fingerprint density at radius 2 is 1.89 bits per heavy atom. The summed E-state index contributed by atoms with van der Waals surface area (Å²) in [7, 11) is -1.81. The zero-order valence-corrected chi connectivity index (χ0v) is 20.6. The second-order valence-corrected chi connectivity index (χ2v) is 9.42. The Hall–Kier alpha value is -3.98. The predicted octanol–water partition coefficient (Wildman–Crippen LogP) is 2.72. The average molecular weight is 540 g/mol. The van der Waals surface area contributed by atoms with Gasteiger partial charge in [-0.1, -0.05) is 0 Å². The molecule has 0 saturated heterocycles. The second kappa shape index (κ2) is 11.8. The number of ether oxygens (including phenoxy) is 1. The number of rotatable bonds is 11. The Labute approximate surface area is 210 Å². The standard InChI is InChI=1S/C22H24F3N7O4S/c1-26-21-28-7-5-15(32-21)13-29-19-18(4-3-6-27-19)20(33)31-16-10-14(22(23,24)25)11-17(12-16)36-9-8-30-37(2,34)35/h3-7,10-12,30H,8-9,13H2,1-2H3,(H,27,29)(H,31,33)(H,26,28,32). The molecule has 0 atom stereocenters. The maximum Gasteiger partial charge on any atom is 0.416 e. The van der Waals surface area contributed by atoms with Gasteiger partial charge in [-0.05, 0) is 30.3 Å². The Morgan fingerprint density at radius 3 is 2.59 bits per heavy atom. The van der Waals surface area contributed by atoms with Gasteiger partial charge in [0, 0.05) is 37.7 Å². The fraction of sp³-hybridized carbons (Fsp3) is 0.273. The minimum atomic E-state index is -4.71. The highest BCUT2D eigenvalue weighted by Crippen LogP contribution is 2.34. The highest BCUT2D eigenvalue weighted by Gasteiger charge is 2.32. The number of sulfonamides is 1. The number of carbonyl (C=O) groups is 1. The normalized spacial score (nSPS) is 11.6. The molecule has 37 heavy (non-hydrogen) atoms. The van der Waals surface area contributed by atoms with Crippen molar-refractivity contribution in [2.24, 2.45) is 0 Å². The summed E-state index contributed by atoms with van der Waals surface area (Å²) in [5, 5.41) is 8.24. The predicted molar refractivity (Wildman–Crippen MR) is 131 cm³/mol. The van der Waals surface area contributed by atoms with Crippen molar-refractivity contribution in [2.75, 3.05) is 42.4 Å². The van der Waals surface area contributed by atoms with Gasteiger partial charge in [0.05, 0.1) is 29.6 Å². The van der Waals surface area contributed by atoms with Gasteiger partial charge in [-0.25, -0.2) is 28.1 Å². The molecule has 1 aromatic carbocycles. The van der Waals surface area contributed by atoms with Gasteiger partial charge in [0.25, 0.3) is 5.91 Å². The van der Waals surface area contributed by atoms with Gasteiger partial charge >= 0.3 is 6.18 Å². The molecule has 2 heterocycles. The monoisotopic (exact) mass is 539 g/mol. The van der Waals surface area contributed by atoms with Gasteiger partial charge in [-0.3, -0.25) is 4.79 Å². The molecular weight excluding hydrogens is 515 g/mol. The molecule has 0 aliphatic carbocycles. The van der Waals surface area contributed by atoms with Crippen LogP contribution in [0.3, 0.4) is 0 Å². The summed E-state index contributed by atoms with van der Waals surface area (Å²) in [6.07, 6.45) is -0.750. The van der Waals surface area contributed by atoms with Crippen LogP contribution < -0.4 is 25.4 Å². The molecule has 198 valence electrons. The molecule has 1 amide bonds. The van der Waals surface area contributed by atoms with E-state index in [9.17, 15) is 26.4 Å². The molecule has 2 aromatic heterocycles. The van der Waals surface area contributed by atoms with Crippen LogP contribution >= 0.6 is 0 Å². The SMILES string of the molecule is CNc1nccc(CNc2ncccc2C(=O)Nc2cc(OCCNS(C)(=O)=O)cc(C(F)(F)F)c2)n1. The maximum absolute atomic E-state index is 13.4. The lowest BCUT2D eigenvalue weighted by atomic mass is 10.1. The van der Waals surface area contributed by atoms with Crippen LogP contribution in [0, 0.1) is 0 Å². The number of nitrogens with zero attached hydrogens (tertiary/aromatic N) is 3. The lowest BCUT2D eigenvalue weighted by Gasteiger charge is -2.15. The molecule has 0 aliphatic heterocycles. The third kappa shape index (κ3) is 8.57. The lowest BCUT2D eigenvalue weighted by Crippen LogP contribution is -2.27. The van der Waals surface area contributed by atoms with E-state index in [2.05, 4.69) is 35.6 Å². The maximum atomic E-state index is 13.4. The van der Waals surface area contributed by atoms with E-state index in [4.69, 9.17) is 4.74 Å². The van der Waals surface area contributed by atoms with Gasteiger partial charge in [0.1, 0.15) is 18.2 Å². The number of carbonyl (C=O) groups excluding carboxylic acids is 1. The molecule has 0 bridgehead atoms. The Bertz CT molecular complexity index is 1350. The number of anilines is 3. The fourth-order valence-electron chi connectivity index (χ4n) is 3.03. The largest absolute Gasteiger partial charge is 0.492 e. The molecule has 0 spiro atoms. The van der Waals surface area contributed by atoms with E-state index in [1.165, 1.54) is 24.4 Å². The number of aromatic nitrogens is 3. The Kier molecular flexibility index (Phi) is 8.83. The molecule has 0 aliphatic rings. The minimum Gasteiger partial charge on any atom is -0.492 e. The lowest BCUT2D eigenvalue weighted by molar-refractivity contribution is -0.137. The van der Waals surface area contributed by atoms with Crippen LogP contribution in [0.15, 0.2) is 48.8 Å². The van der Waals surface area contributed by atoms with Crippen molar-refractivity contribution in [1.82, 2.24) is 19.7 Å². The van der Waals surface area contributed by atoms with E-state index in [0.29, 0.717) is 11.6 Å². The first-order valence-electron chi connectivity index (χ1n) is 10.7. The number of hydrogen-bond donors (Lipinski definition) is 4. The molecule has 0 fully saturated rings. The van der Waals surface area contributed by atoms with Gasteiger partial charge in [-0.2, -0.15) is 13.2 Å². The number of halogens is 3. The zero-order chi connectivity index (χ0) is 27.1. The van der Waals surface area contributed by atoms with Crippen molar-refractivity contribution in [1.29, 1.82) is 0 Å². The van der Waals surface area contributed by atoms with E-state index in [1.54, 1.807) is 19.3 Å². The molecule has 3 rings (SSSR count). The highest BCUT2D eigenvalue weighted by molar-refractivity contribution is 7.88. The molecule has 0 radical (unpaired) electrons. The van der Waals surface area contributed by atoms with Gasteiger partial charge in [-0.15, -0.1) is 0 Å². The van der Waals surface area contributed by atoms with Crippen molar-refractivity contribution in [3.63, 3.8) is 0 Å². The van der Waals surface area contributed by atoms with Crippen LogP contribution in [0.5, 0.6) is 5.75 Å². The molecule has 0 unspecified atom stereocenters. The van der Waals surface area contributed by atoms with Gasteiger partial charge in [0.15, 0.2) is 0 Å². The summed E-state index contributed by atoms with van der Waals surface area (Å²) in [5.74, 6) is -0.305. The average Bonchev–Trinajstić information content (AvgIpc) is 2.84. The van der Waals surface area contributed by atoms with E-state index >= 15 is 0 Å². The van der Waals surface area contributed by atoms with E-state index in [0.717, 1.165) is 18.4 Å². The smallest absolute Gasteiger partial charge is 0.416 e. The summed E-state index contributed by atoms with van der Waals surface area (Å²) < 4.78 is 70.0. The summed E-state index contributed by atoms with van der Waals surface area (Å²) in [5.41, 5.74) is -0.524. The molecule has 15 heteroatoms. The topological polar surface area (TPSA) is 147 Å². The van der Waals surface area contributed by atoms with Crippen LogP contribution in [0.1, 0.15) is 21.6 Å².